The Labute approximate surface area is 103 Å². The molecule has 1 amide bonds. The van der Waals surface area contributed by atoms with E-state index in [4.69, 9.17) is 9.84 Å². The van der Waals surface area contributed by atoms with Crippen LogP contribution in [-0.4, -0.2) is 47.3 Å². The third-order valence-corrected chi connectivity index (χ3v) is 3.88. The van der Waals surface area contributed by atoms with Crippen molar-refractivity contribution >= 4 is 5.91 Å². The summed E-state index contributed by atoms with van der Waals surface area (Å²) in [5.41, 5.74) is 0. The number of ether oxygens (including phenoxy) is 1. The van der Waals surface area contributed by atoms with Gasteiger partial charge in [0, 0.05) is 19.2 Å². The van der Waals surface area contributed by atoms with Crippen LogP contribution < -0.4 is 0 Å². The van der Waals surface area contributed by atoms with Crippen molar-refractivity contribution in [1.82, 2.24) is 4.90 Å². The van der Waals surface area contributed by atoms with Gasteiger partial charge < -0.3 is 14.7 Å². The first-order valence-electron chi connectivity index (χ1n) is 6.79. The van der Waals surface area contributed by atoms with Crippen LogP contribution in [-0.2, 0) is 9.53 Å². The van der Waals surface area contributed by atoms with Gasteiger partial charge in [-0.25, -0.2) is 0 Å². The Morgan fingerprint density at radius 3 is 2.82 bits per heavy atom. The predicted molar refractivity (Wildman–Crippen MR) is 64.6 cm³/mol. The summed E-state index contributed by atoms with van der Waals surface area (Å²) in [6.45, 7) is 3.02. The molecule has 0 bridgehead atoms. The fraction of sp³-hybridized carbons (Fsp3) is 0.923. The molecule has 2 fully saturated rings. The van der Waals surface area contributed by atoms with Crippen LogP contribution in [0.2, 0.25) is 0 Å². The molecule has 2 saturated heterocycles. The quantitative estimate of drug-likeness (QED) is 0.810. The first-order valence-corrected chi connectivity index (χ1v) is 6.79. The van der Waals surface area contributed by atoms with Gasteiger partial charge in [-0.05, 0) is 45.4 Å². The topological polar surface area (TPSA) is 49.8 Å². The van der Waals surface area contributed by atoms with E-state index >= 15 is 0 Å². The van der Waals surface area contributed by atoms with Gasteiger partial charge in [0.2, 0.25) is 0 Å². The number of hydrogen-bond donors (Lipinski definition) is 1. The first kappa shape index (κ1) is 12.8. The molecule has 0 aromatic carbocycles. The molecule has 0 aliphatic carbocycles. The molecule has 4 nitrogen and oxygen atoms in total. The number of likely N-dealkylation sites (tertiary alicyclic amines) is 1. The summed E-state index contributed by atoms with van der Waals surface area (Å²) in [6.07, 6.45) is 5.78. The van der Waals surface area contributed by atoms with Gasteiger partial charge in [-0.1, -0.05) is 0 Å². The number of hydrogen-bond acceptors (Lipinski definition) is 3. The number of carbonyl (C=O) groups excluding carboxylic acids is 1. The number of piperidine rings is 1. The summed E-state index contributed by atoms with van der Waals surface area (Å²) in [4.78, 5) is 14.3. The highest BCUT2D eigenvalue weighted by Gasteiger charge is 2.35. The fourth-order valence-corrected chi connectivity index (χ4v) is 2.91. The van der Waals surface area contributed by atoms with Crippen LogP contribution in [0.15, 0.2) is 0 Å². The van der Waals surface area contributed by atoms with Crippen molar-refractivity contribution in [1.29, 1.82) is 0 Å². The van der Waals surface area contributed by atoms with Crippen LogP contribution in [0.1, 0.15) is 45.4 Å². The van der Waals surface area contributed by atoms with Gasteiger partial charge in [-0.15, -0.1) is 0 Å². The highest BCUT2D eigenvalue weighted by atomic mass is 16.5. The summed E-state index contributed by atoms with van der Waals surface area (Å²) in [5, 5.41) is 9.06. The van der Waals surface area contributed by atoms with E-state index in [2.05, 4.69) is 0 Å². The largest absolute Gasteiger partial charge is 0.396 e. The van der Waals surface area contributed by atoms with Gasteiger partial charge >= 0.3 is 0 Å². The van der Waals surface area contributed by atoms with Crippen LogP contribution in [0, 0.1) is 0 Å². The molecule has 0 saturated carbocycles. The zero-order chi connectivity index (χ0) is 12.3. The Kier molecular flexibility index (Phi) is 4.40. The Balaban J connectivity index is 1.95. The highest BCUT2D eigenvalue weighted by molar-refractivity contribution is 5.81. The van der Waals surface area contributed by atoms with E-state index in [-0.39, 0.29) is 30.8 Å². The summed E-state index contributed by atoms with van der Waals surface area (Å²) in [5.74, 6) is 0.146. The van der Waals surface area contributed by atoms with Crippen molar-refractivity contribution in [2.45, 2.75) is 63.7 Å². The van der Waals surface area contributed by atoms with Gasteiger partial charge in [-0.2, -0.15) is 0 Å². The van der Waals surface area contributed by atoms with Gasteiger partial charge in [0.25, 0.3) is 5.91 Å². The van der Waals surface area contributed by atoms with Crippen molar-refractivity contribution in [2.24, 2.45) is 0 Å². The molecular formula is C13H23NO3. The molecule has 98 valence electrons. The smallest absolute Gasteiger partial charge is 0.251 e. The maximum Gasteiger partial charge on any atom is 0.251 e. The average molecular weight is 241 g/mol. The van der Waals surface area contributed by atoms with E-state index in [1.54, 1.807) is 0 Å². The summed E-state index contributed by atoms with van der Waals surface area (Å²) in [7, 11) is 0. The molecule has 0 aromatic heterocycles. The molecule has 1 N–H and O–H groups in total. The Morgan fingerprint density at radius 2 is 2.18 bits per heavy atom. The molecule has 2 aliphatic rings. The van der Waals surface area contributed by atoms with Gasteiger partial charge in [0.15, 0.2) is 0 Å². The van der Waals surface area contributed by atoms with Crippen LogP contribution in [0.25, 0.3) is 0 Å². The second-order valence-corrected chi connectivity index (χ2v) is 5.21. The molecule has 3 atom stereocenters. The minimum atomic E-state index is -0.232. The maximum atomic E-state index is 12.4. The monoisotopic (exact) mass is 241 g/mol. The average Bonchev–Trinajstić information content (AvgIpc) is 2.76. The van der Waals surface area contributed by atoms with E-state index in [9.17, 15) is 4.79 Å². The lowest BCUT2D eigenvalue weighted by molar-refractivity contribution is -0.146. The lowest BCUT2D eigenvalue weighted by Crippen LogP contribution is -2.48. The molecule has 17 heavy (non-hydrogen) atoms. The van der Waals surface area contributed by atoms with Gasteiger partial charge in [0.1, 0.15) is 6.10 Å². The third kappa shape index (κ3) is 2.99. The molecule has 0 radical (unpaired) electrons. The van der Waals surface area contributed by atoms with Crippen molar-refractivity contribution in [3.05, 3.63) is 0 Å². The SMILES string of the molecule is CC1CCC(C(=O)N2CCCCC2CCO)O1. The summed E-state index contributed by atoms with van der Waals surface area (Å²) < 4.78 is 5.65. The van der Waals surface area contributed by atoms with E-state index in [0.29, 0.717) is 6.42 Å². The standard InChI is InChI=1S/C13H23NO3/c1-10-5-6-12(17-10)13(16)14-8-3-2-4-11(14)7-9-15/h10-12,15H,2-9H2,1H3. The Bertz CT molecular complexity index is 267. The second-order valence-electron chi connectivity index (χ2n) is 5.21. The normalized spacial score (nSPS) is 34.0. The van der Waals surface area contributed by atoms with E-state index in [1.807, 2.05) is 11.8 Å². The number of aliphatic hydroxyl groups is 1. The lowest BCUT2D eigenvalue weighted by Gasteiger charge is -2.37. The number of nitrogens with zero attached hydrogens (tertiary/aromatic N) is 1. The van der Waals surface area contributed by atoms with E-state index < -0.39 is 0 Å². The summed E-state index contributed by atoms with van der Waals surface area (Å²) in [6, 6.07) is 0.223. The van der Waals surface area contributed by atoms with Crippen LogP contribution in [0.3, 0.4) is 0 Å². The second kappa shape index (κ2) is 5.83. The molecule has 2 aliphatic heterocycles. The lowest BCUT2D eigenvalue weighted by atomic mass is 9.98. The zero-order valence-electron chi connectivity index (χ0n) is 10.6. The molecule has 0 aromatic rings. The predicted octanol–water partition coefficient (Wildman–Crippen LogP) is 1.32. The minimum Gasteiger partial charge on any atom is -0.396 e. The molecule has 2 rings (SSSR count). The van der Waals surface area contributed by atoms with Crippen molar-refractivity contribution in [2.75, 3.05) is 13.2 Å². The van der Waals surface area contributed by atoms with Crippen molar-refractivity contribution in [3.8, 4) is 0 Å². The number of amides is 1. The van der Waals surface area contributed by atoms with Crippen molar-refractivity contribution in [3.63, 3.8) is 0 Å². The highest BCUT2D eigenvalue weighted by Crippen LogP contribution is 2.25. The van der Waals surface area contributed by atoms with Crippen LogP contribution >= 0.6 is 0 Å². The Hall–Kier alpha value is -0.610. The van der Waals surface area contributed by atoms with Gasteiger partial charge in [-0.3, -0.25) is 4.79 Å². The van der Waals surface area contributed by atoms with Crippen molar-refractivity contribution < 1.29 is 14.6 Å². The molecule has 4 heteroatoms. The minimum absolute atomic E-state index is 0.146. The molecule has 3 unspecified atom stereocenters. The molecular weight excluding hydrogens is 218 g/mol. The van der Waals surface area contributed by atoms with E-state index in [0.717, 1.165) is 38.6 Å². The first-order chi connectivity index (χ1) is 8.22. The third-order valence-electron chi connectivity index (χ3n) is 3.88. The molecule has 0 spiro atoms. The molecule has 2 heterocycles. The number of carbonyl (C=O) groups is 1. The van der Waals surface area contributed by atoms with E-state index in [1.165, 1.54) is 0 Å². The van der Waals surface area contributed by atoms with Crippen LogP contribution in [0.4, 0.5) is 0 Å². The van der Waals surface area contributed by atoms with Crippen LogP contribution in [0.5, 0.6) is 0 Å². The Morgan fingerprint density at radius 1 is 1.35 bits per heavy atom. The zero-order valence-corrected chi connectivity index (χ0v) is 10.6. The fourth-order valence-electron chi connectivity index (χ4n) is 2.91. The number of rotatable bonds is 3. The number of aliphatic hydroxyl groups excluding tert-OH is 1. The van der Waals surface area contributed by atoms with Gasteiger partial charge in [0.05, 0.1) is 6.10 Å². The summed E-state index contributed by atoms with van der Waals surface area (Å²) >= 11 is 0. The maximum absolute atomic E-state index is 12.4.